The molecule has 3 atom stereocenters. The fourth-order valence-electron chi connectivity index (χ4n) is 2.00. The lowest BCUT2D eigenvalue weighted by molar-refractivity contribution is -0.150. The quantitative estimate of drug-likeness (QED) is 0.554. The number of carboxylic acid groups (broad SMARTS) is 1. The van der Waals surface area contributed by atoms with Gasteiger partial charge in [0.15, 0.2) is 6.10 Å². The van der Waals surface area contributed by atoms with E-state index in [1.54, 1.807) is 0 Å². The molecule has 18 heavy (non-hydrogen) atoms. The largest absolute Gasteiger partial charge is 0.481 e. The van der Waals surface area contributed by atoms with Crippen LogP contribution in [0.4, 0.5) is 0 Å². The summed E-state index contributed by atoms with van der Waals surface area (Å²) >= 11 is 0. The Bertz CT molecular complexity index is 342. The molecule has 7 heteroatoms. The second-order valence-corrected chi connectivity index (χ2v) is 4.33. The molecule has 1 saturated carbocycles. The highest BCUT2D eigenvalue weighted by molar-refractivity contribution is 5.82. The zero-order valence-electron chi connectivity index (χ0n) is 10.1. The van der Waals surface area contributed by atoms with E-state index in [2.05, 4.69) is 10.1 Å². The molecule has 0 aromatic carbocycles. The van der Waals surface area contributed by atoms with Crippen molar-refractivity contribution in [2.24, 2.45) is 11.8 Å². The number of amides is 1. The van der Waals surface area contributed by atoms with Crippen LogP contribution in [0.5, 0.6) is 0 Å². The van der Waals surface area contributed by atoms with E-state index in [0.29, 0.717) is 19.3 Å². The number of ether oxygens (including phenoxy) is 1. The maximum absolute atomic E-state index is 11.7. The number of aliphatic carboxylic acids is 1. The maximum atomic E-state index is 11.7. The third-order valence-electron chi connectivity index (χ3n) is 3.10. The van der Waals surface area contributed by atoms with E-state index < -0.39 is 24.0 Å². The van der Waals surface area contributed by atoms with Crippen molar-refractivity contribution in [2.75, 3.05) is 13.7 Å². The van der Waals surface area contributed by atoms with Crippen molar-refractivity contribution in [3.63, 3.8) is 0 Å². The molecule has 1 aliphatic carbocycles. The number of aliphatic hydroxyl groups is 1. The number of hydrogen-bond donors (Lipinski definition) is 3. The van der Waals surface area contributed by atoms with Gasteiger partial charge in [0.2, 0.25) is 5.91 Å². The van der Waals surface area contributed by atoms with Crippen LogP contribution in [0.1, 0.15) is 19.3 Å². The molecule has 0 bridgehead atoms. The Balaban J connectivity index is 2.34. The fraction of sp³-hybridized carbons (Fsp3) is 0.727. The highest BCUT2D eigenvalue weighted by Crippen LogP contribution is 2.30. The number of aliphatic hydroxyl groups excluding tert-OH is 1. The van der Waals surface area contributed by atoms with E-state index in [1.165, 1.54) is 0 Å². The van der Waals surface area contributed by atoms with E-state index in [4.69, 9.17) is 5.11 Å². The summed E-state index contributed by atoms with van der Waals surface area (Å²) in [6, 6.07) is 0. The van der Waals surface area contributed by atoms with Gasteiger partial charge in [-0.3, -0.25) is 9.59 Å². The molecule has 0 aliphatic heterocycles. The molecule has 0 spiro atoms. The summed E-state index contributed by atoms with van der Waals surface area (Å²) in [5.41, 5.74) is 0. The molecular formula is C11H17NO6. The molecule has 102 valence electrons. The van der Waals surface area contributed by atoms with Crippen LogP contribution in [-0.4, -0.2) is 47.8 Å². The Hall–Kier alpha value is -1.63. The van der Waals surface area contributed by atoms with E-state index in [-0.39, 0.29) is 18.4 Å². The minimum absolute atomic E-state index is 0.222. The first kappa shape index (κ1) is 14.4. The fourth-order valence-corrected chi connectivity index (χ4v) is 2.00. The summed E-state index contributed by atoms with van der Waals surface area (Å²) in [5, 5.41) is 20.5. The minimum atomic E-state index is -1.39. The molecule has 3 unspecified atom stereocenters. The number of hydrogen-bond acceptors (Lipinski definition) is 5. The summed E-state index contributed by atoms with van der Waals surface area (Å²) in [5.74, 6) is -2.88. The van der Waals surface area contributed by atoms with Crippen molar-refractivity contribution < 1.29 is 29.3 Å². The van der Waals surface area contributed by atoms with Crippen molar-refractivity contribution in [3.05, 3.63) is 0 Å². The van der Waals surface area contributed by atoms with Crippen LogP contribution in [0.15, 0.2) is 0 Å². The van der Waals surface area contributed by atoms with Crippen LogP contribution < -0.4 is 5.32 Å². The van der Waals surface area contributed by atoms with Gasteiger partial charge in [-0.2, -0.15) is 0 Å². The monoisotopic (exact) mass is 259 g/mol. The van der Waals surface area contributed by atoms with Gasteiger partial charge in [-0.25, -0.2) is 4.79 Å². The predicted octanol–water partition coefficient (Wildman–Crippen LogP) is -0.863. The SMILES string of the molecule is COC(=O)C(O)CNC(=O)C1CCC(C(=O)O)C1. The average Bonchev–Trinajstić information content (AvgIpc) is 2.84. The van der Waals surface area contributed by atoms with Gasteiger partial charge in [0.25, 0.3) is 0 Å². The van der Waals surface area contributed by atoms with Crippen molar-refractivity contribution in [3.8, 4) is 0 Å². The Morgan fingerprint density at radius 3 is 2.44 bits per heavy atom. The standard InChI is InChI=1S/C11H17NO6/c1-18-11(17)8(13)5-12-9(14)6-2-3-7(4-6)10(15)16/h6-8,13H,2-5H2,1H3,(H,12,14)(H,15,16). The van der Waals surface area contributed by atoms with Crippen molar-refractivity contribution in [1.29, 1.82) is 0 Å². The van der Waals surface area contributed by atoms with E-state index in [0.717, 1.165) is 7.11 Å². The number of methoxy groups -OCH3 is 1. The number of esters is 1. The lowest BCUT2D eigenvalue weighted by atomic mass is 10.0. The van der Waals surface area contributed by atoms with Crippen LogP contribution in [0.25, 0.3) is 0 Å². The third-order valence-corrected chi connectivity index (χ3v) is 3.10. The molecule has 1 amide bonds. The van der Waals surface area contributed by atoms with Gasteiger partial charge in [-0.05, 0) is 19.3 Å². The van der Waals surface area contributed by atoms with Gasteiger partial charge in [-0.1, -0.05) is 0 Å². The molecular weight excluding hydrogens is 242 g/mol. The summed E-state index contributed by atoms with van der Waals surface area (Å²) in [6.07, 6.45) is -0.102. The molecule has 1 aliphatic rings. The Morgan fingerprint density at radius 1 is 1.33 bits per heavy atom. The summed E-state index contributed by atoms with van der Waals surface area (Å²) < 4.78 is 4.30. The smallest absolute Gasteiger partial charge is 0.336 e. The maximum Gasteiger partial charge on any atom is 0.336 e. The Labute approximate surface area is 104 Å². The van der Waals surface area contributed by atoms with E-state index >= 15 is 0 Å². The van der Waals surface area contributed by atoms with Gasteiger partial charge in [0.05, 0.1) is 19.6 Å². The number of carbonyl (C=O) groups is 3. The van der Waals surface area contributed by atoms with Gasteiger partial charge >= 0.3 is 11.9 Å². The molecule has 0 aromatic heterocycles. The molecule has 0 aromatic rings. The lowest BCUT2D eigenvalue weighted by Gasteiger charge is -2.13. The summed E-state index contributed by atoms with van der Waals surface area (Å²) in [4.78, 5) is 33.3. The second kappa shape index (κ2) is 6.34. The zero-order valence-corrected chi connectivity index (χ0v) is 10.1. The number of carbonyl (C=O) groups excluding carboxylic acids is 2. The molecule has 0 saturated heterocycles. The summed E-state index contributed by atoms with van der Waals surface area (Å²) in [7, 11) is 1.14. The zero-order chi connectivity index (χ0) is 13.7. The Morgan fingerprint density at radius 2 is 1.94 bits per heavy atom. The first-order valence-corrected chi connectivity index (χ1v) is 5.72. The average molecular weight is 259 g/mol. The van der Waals surface area contributed by atoms with Crippen LogP contribution in [0, 0.1) is 11.8 Å². The summed E-state index contributed by atoms with van der Waals surface area (Å²) in [6.45, 7) is -0.222. The normalized spacial score (nSPS) is 24.3. The van der Waals surface area contributed by atoms with Gasteiger partial charge in [0, 0.05) is 5.92 Å². The minimum Gasteiger partial charge on any atom is -0.481 e. The van der Waals surface area contributed by atoms with Crippen LogP contribution in [0.2, 0.25) is 0 Å². The van der Waals surface area contributed by atoms with Gasteiger partial charge in [0.1, 0.15) is 0 Å². The van der Waals surface area contributed by atoms with Crippen molar-refractivity contribution in [1.82, 2.24) is 5.32 Å². The number of carboxylic acids is 1. The van der Waals surface area contributed by atoms with E-state index in [9.17, 15) is 19.5 Å². The highest BCUT2D eigenvalue weighted by Gasteiger charge is 2.34. The second-order valence-electron chi connectivity index (χ2n) is 4.33. The van der Waals surface area contributed by atoms with Crippen LogP contribution in [-0.2, 0) is 19.1 Å². The molecule has 0 radical (unpaired) electrons. The Kier molecular flexibility index (Phi) is 5.08. The molecule has 1 fully saturated rings. The molecule has 3 N–H and O–H groups in total. The molecule has 1 rings (SSSR count). The van der Waals surface area contributed by atoms with Crippen LogP contribution >= 0.6 is 0 Å². The van der Waals surface area contributed by atoms with E-state index in [1.807, 2.05) is 0 Å². The lowest BCUT2D eigenvalue weighted by Crippen LogP contribution is -2.39. The van der Waals surface area contributed by atoms with Crippen LogP contribution in [0.3, 0.4) is 0 Å². The van der Waals surface area contributed by atoms with Crippen molar-refractivity contribution >= 4 is 17.8 Å². The first-order chi connectivity index (χ1) is 8.45. The van der Waals surface area contributed by atoms with Gasteiger partial charge in [-0.15, -0.1) is 0 Å². The number of rotatable bonds is 5. The van der Waals surface area contributed by atoms with Crippen molar-refractivity contribution in [2.45, 2.75) is 25.4 Å². The third kappa shape index (κ3) is 3.69. The molecule has 0 heterocycles. The predicted molar refractivity (Wildman–Crippen MR) is 59.5 cm³/mol. The topological polar surface area (TPSA) is 113 Å². The highest BCUT2D eigenvalue weighted by atomic mass is 16.5. The molecule has 7 nitrogen and oxygen atoms in total. The van der Waals surface area contributed by atoms with Gasteiger partial charge < -0.3 is 20.3 Å². The first-order valence-electron chi connectivity index (χ1n) is 5.72. The number of nitrogens with one attached hydrogen (secondary N) is 1.